The van der Waals surface area contributed by atoms with E-state index in [0.717, 1.165) is 17.2 Å². The van der Waals surface area contributed by atoms with Gasteiger partial charge in [-0.1, -0.05) is 35.9 Å². The van der Waals surface area contributed by atoms with Gasteiger partial charge in [0.1, 0.15) is 12.4 Å². The molecule has 112 valence electrons. The Balaban J connectivity index is 2.21. The minimum atomic E-state index is -4.52. The molecule has 2 aromatic rings. The van der Waals surface area contributed by atoms with Crippen LogP contribution in [0.3, 0.4) is 0 Å². The highest BCUT2D eigenvalue weighted by Crippen LogP contribution is 2.37. The fraction of sp³-hybridized carbons (Fsp3) is 0.250. The van der Waals surface area contributed by atoms with Crippen LogP contribution >= 0.6 is 0 Å². The minimum absolute atomic E-state index is 0.0574. The smallest absolute Gasteiger partial charge is 0.419 e. The number of hydrogen-bond acceptors (Lipinski definition) is 2. The van der Waals surface area contributed by atoms with Gasteiger partial charge in [-0.3, -0.25) is 0 Å². The molecule has 21 heavy (non-hydrogen) atoms. The van der Waals surface area contributed by atoms with Crippen LogP contribution in [0.2, 0.25) is 0 Å². The molecule has 0 amide bonds. The lowest BCUT2D eigenvalue weighted by Crippen LogP contribution is -2.09. The van der Waals surface area contributed by atoms with Crippen LogP contribution in [0.5, 0.6) is 5.75 Å². The van der Waals surface area contributed by atoms with Crippen LogP contribution in [0.25, 0.3) is 0 Å². The molecule has 0 saturated heterocycles. The molecular formula is C16H15F3O2. The number of benzene rings is 2. The molecular weight excluding hydrogens is 281 g/mol. The molecule has 1 N–H and O–H groups in total. The number of hydrogen-bond donors (Lipinski definition) is 1. The van der Waals surface area contributed by atoms with E-state index in [1.165, 1.54) is 12.1 Å². The number of aliphatic hydroxyl groups excluding tert-OH is 1. The van der Waals surface area contributed by atoms with E-state index in [2.05, 4.69) is 0 Å². The third-order valence-electron chi connectivity index (χ3n) is 3.05. The molecule has 0 aliphatic carbocycles. The molecule has 0 aliphatic rings. The molecule has 0 aliphatic heterocycles. The predicted molar refractivity (Wildman–Crippen MR) is 72.9 cm³/mol. The number of aryl methyl sites for hydroxylation is 1. The Bertz CT molecular complexity index is 604. The summed E-state index contributed by atoms with van der Waals surface area (Å²) in [6, 6.07) is 10.9. The highest BCUT2D eigenvalue weighted by Gasteiger charge is 2.34. The van der Waals surface area contributed by atoms with Gasteiger partial charge in [0.25, 0.3) is 0 Å². The summed E-state index contributed by atoms with van der Waals surface area (Å²) in [5.74, 6) is -0.236. The molecule has 2 aromatic carbocycles. The molecule has 0 unspecified atom stereocenters. The second kappa shape index (κ2) is 6.18. The van der Waals surface area contributed by atoms with Gasteiger partial charge in [0, 0.05) is 0 Å². The Morgan fingerprint density at radius 2 is 1.62 bits per heavy atom. The lowest BCUT2D eigenvalue weighted by Gasteiger charge is -2.15. The predicted octanol–water partition coefficient (Wildman–Crippen LogP) is 4.09. The summed E-state index contributed by atoms with van der Waals surface area (Å²) in [6.45, 7) is 1.54. The third-order valence-corrected chi connectivity index (χ3v) is 3.05. The Hall–Kier alpha value is -2.01. The maximum atomic E-state index is 13.0. The molecule has 2 rings (SSSR count). The van der Waals surface area contributed by atoms with Gasteiger partial charge >= 0.3 is 6.18 Å². The van der Waals surface area contributed by atoms with Crippen molar-refractivity contribution in [2.45, 2.75) is 26.3 Å². The molecule has 0 atom stereocenters. The Morgan fingerprint density at radius 1 is 1.00 bits per heavy atom. The Kier molecular flexibility index (Phi) is 4.53. The van der Waals surface area contributed by atoms with Crippen LogP contribution in [0, 0.1) is 6.92 Å². The number of halogens is 3. The van der Waals surface area contributed by atoms with E-state index >= 15 is 0 Å². The van der Waals surface area contributed by atoms with Crippen LogP contribution in [-0.4, -0.2) is 5.11 Å². The highest BCUT2D eigenvalue weighted by molar-refractivity contribution is 5.39. The zero-order valence-corrected chi connectivity index (χ0v) is 11.4. The van der Waals surface area contributed by atoms with Crippen LogP contribution in [-0.2, 0) is 19.4 Å². The van der Waals surface area contributed by atoms with Gasteiger partial charge < -0.3 is 9.84 Å². The first-order valence-corrected chi connectivity index (χ1v) is 6.39. The van der Waals surface area contributed by atoms with Crippen LogP contribution < -0.4 is 4.74 Å². The number of alkyl halides is 3. The quantitative estimate of drug-likeness (QED) is 0.921. The molecule has 0 saturated carbocycles. The number of rotatable bonds is 4. The largest absolute Gasteiger partial charge is 0.488 e. The van der Waals surface area contributed by atoms with Crippen LogP contribution in [0.4, 0.5) is 13.2 Å². The van der Waals surface area contributed by atoms with E-state index in [0.29, 0.717) is 0 Å². The average Bonchev–Trinajstić information content (AvgIpc) is 2.45. The highest BCUT2D eigenvalue weighted by atomic mass is 19.4. The molecule has 0 radical (unpaired) electrons. The third kappa shape index (κ3) is 3.98. The van der Waals surface area contributed by atoms with Crippen molar-refractivity contribution in [2.24, 2.45) is 0 Å². The number of aliphatic hydroxyl groups is 1. The standard InChI is InChI=1S/C16H15F3O2/c1-11-2-4-12(5-3-11)10-21-15-7-6-13(9-20)8-14(15)16(17,18)19/h2-8,20H,9-10H2,1H3. The molecule has 0 fully saturated rings. The second-order valence-corrected chi connectivity index (χ2v) is 4.76. The van der Waals surface area contributed by atoms with Crippen LogP contribution in [0.15, 0.2) is 42.5 Å². The first kappa shape index (κ1) is 15.4. The summed E-state index contributed by atoms with van der Waals surface area (Å²) in [7, 11) is 0. The normalized spacial score (nSPS) is 11.5. The molecule has 0 bridgehead atoms. The summed E-state index contributed by atoms with van der Waals surface area (Å²) in [4.78, 5) is 0. The zero-order chi connectivity index (χ0) is 15.5. The SMILES string of the molecule is Cc1ccc(COc2ccc(CO)cc2C(F)(F)F)cc1. The van der Waals surface area contributed by atoms with Gasteiger partial charge in [-0.25, -0.2) is 0 Å². The summed E-state index contributed by atoms with van der Waals surface area (Å²) < 4.78 is 44.2. The molecule has 0 spiro atoms. The van der Waals surface area contributed by atoms with Crippen molar-refractivity contribution in [1.29, 1.82) is 0 Å². The summed E-state index contributed by atoms with van der Waals surface area (Å²) >= 11 is 0. The lowest BCUT2D eigenvalue weighted by atomic mass is 10.1. The van der Waals surface area contributed by atoms with E-state index in [1.807, 2.05) is 31.2 Å². The minimum Gasteiger partial charge on any atom is -0.488 e. The van der Waals surface area contributed by atoms with Gasteiger partial charge in [-0.2, -0.15) is 13.2 Å². The second-order valence-electron chi connectivity index (χ2n) is 4.76. The lowest BCUT2D eigenvalue weighted by molar-refractivity contribution is -0.139. The van der Waals surface area contributed by atoms with Crippen molar-refractivity contribution in [1.82, 2.24) is 0 Å². The van der Waals surface area contributed by atoms with Crippen molar-refractivity contribution in [3.63, 3.8) is 0 Å². The van der Waals surface area contributed by atoms with E-state index in [9.17, 15) is 13.2 Å². The summed E-state index contributed by atoms with van der Waals surface area (Å²) in [5, 5.41) is 8.94. The summed E-state index contributed by atoms with van der Waals surface area (Å²) in [5.41, 5.74) is 1.19. The molecule has 5 heteroatoms. The number of ether oxygens (including phenoxy) is 1. The van der Waals surface area contributed by atoms with Gasteiger partial charge in [0.05, 0.1) is 12.2 Å². The fourth-order valence-corrected chi connectivity index (χ4v) is 1.87. The molecule has 2 nitrogen and oxygen atoms in total. The van der Waals surface area contributed by atoms with Crippen molar-refractivity contribution in [3.8, 4) is 5.75 Å². The van der Waals surface area contributed by atoms with Crippen LogP contribution in [0.1, 0.15) is 22.3 Å². The molecule has 0 heterocycles. The zero-order valence-electron chi connectivity index (χ0n) is 11.4. The topological polar surface area (TPSA) is 29.5 Å². The fourth-order valence-electron chi connectivity index (χ4n) is 1.87. The van der Waals surface area contributed by atoms with Crippen molar-refractivity contribution >= 4 is 0 Å². The van der Waals surface area contributed by atoms with Crippen molar-refractivity contribution in [2.75, 3.05) is 0 Å². The Labute approximate surface area is 120 Å². The molecule has 0 aromatic heterocycles. The van der Waals surface area contributed by atoms with Crippen molar-refractivity contribution in [3.05, 3.63) is 64.7 Å². The Morgan fingerprint density at radius 3 is 2.19 bits per heavy atom. The van der Waals surface area contributed by atoms with Gasteiger partial charge in [0.15, 0.2) is 0 Å². The first-order valence-electron chi connectivity index (χ1n) is 6.39. The monoisotopic (exact) mass is 296 g/mol. The first-order chi connectivity index (χ1) is 9.90. The van der Waals surface area contributed by atoms with Gasteiger partial charge in [-0.15, -0.1) is 0 Å². The van der Waals surface area contributed by atoms with E-state index in [4.69, 9.17) is 9.84 Å². The maximum Gasteiger partial charge on any atom is 0.419 e. The van der Waals surface area contributed by atoms with E-state index in [-0.39, 0.29) is 17.9 Å². The maximum absolute atomic E-state index is 13.0. The van der Waals surface area contributed by atoms with Crippen molar-refractivity contribution < 1.29 is 23.0 Å². The van der Waals surface area contributed by atoms with Gasteiger partial charge in [0.2, 0.25) is 0 Å². The average molecular weight is 296 g/mol. The van der Waals surface area contributed by atoms with E-state index in [1.54, 1.807) is 0 Å². The van der Waals surface area contributed by atoms with Gasteiger partial charge in [-0.05, 0) is 30.2 Å². The summed E-state index contributed by atoms with van der Waals surface area (Å²) in [6.07, 6.45) is -4.52. The van der Waals surface area contributed by atoms with E-state index < -0.39 is 18.3 Å².